The lowest BCUT2D eigenvalue weighted by molar-refractivity contribution is 0.394. The molecule has 0 aliphatic rings. The molecule has 0 radical (unpaired) electrons. The molecule has 1 heterocycles. The summed E-state index contributed by atoms with van der Waals surface area (Å²) >= 11 is 5.06. The van der Waals surface area contributed by atoms with E-state index in [0.29, 0.717) is 11.5 Å². The summed E-state index contributed by atoms with van der Waals surface area (Å²) in [4.78, 5) is 4.89. The molecule has 1 aromatic heterocycles. The highest BCUT2D eigenvalue weighted by Gasteiger charge is 2.10. The standard InChI is InChI=1S/C19H19N3O2S/c1-23-16-9-15(10-17(11-16)24-2)19-21-6-7-22(19)12-13-4-3-5-14(8-13)18(20)25/h3-11H,12H2,1-2H3,(H2,20,25). The van der Waals surface area contributed by atoms with E-state index in [2.05, 4.69) is 9.55 Å². The van der Waals surface area contributed by atoms with E-state index in [-0.39, 0.29) is 0 Å². The molecule has 0 fully saturated rings. The van der Waals surface area contributed by atoms with Crippen LogP contribution in [-0.4, -0.2) is 28.8 Å². The minimum atomic E-state index is 0.394. The van der Waals surface area contributed by atoms with E-state index < -0.39 is 0 Å². The number of imidazole rings is 1. The molecule has 25 heavy (non-hydrogen) atoms. The van der Waals surface area contributed by atoms with E-state index in [1.807, 2.05) is 48.7 Å². The fourth-order valence-corrected chi connectivity index (χ4v) is 2.78. The second-order valence-corrected chi connectivity index (χ2v) is 5.98. The van der Waals surface area contributed by atoms with Gasteiger partial charge < -0.3 is 19.8 Å². The highest BCUT2D eigenvalue weighted by atomic mass is 32.1. The summed E-state index contributed by atoms with van der Waals surface area (Å²) in [6, 6.07) is 13.6. The van der Waals surface area contributed by atoms with Crippen LogP contribution in [0.5, 0.6) is 11.5 Å². The van der Waals surface area contributed by atoms with Gasteiger partial charge in [0.1, 0.15) is 22.3 Å². The predicted molar refractivity (Wildman–Crippen MR) is 102 cm³/mol. The Labute approximate surface area is 152 Å². The van der Waals surface area contributed by atoms with E-state index in [4.69, 9.17) is 27.4 Å². The first-order chi connectivity index (χ1) is 12.1. The Bertz CT molecular complexity index is 883. The minimum Gasteiger partial charge on any atom is -0.497 e. The fourth-order valence-electron chi connectivity index (χ4n) is 2.65. The van der Waals surface area contributed by atoms with Crippen molar-refractivity contribution in [3.63, 3.8) is 0 Å². The quantitative estimate of drug-likeness (QED) is 0.689. The van der Waals surface area contributed by atoms with Crippen molar-refractivity contribution in [2.24, 2.45) is 5.73 Å². The number of ether oxygens (including phenoxy) is 2. The van der Waals surface area contributed by atoms with Crippen LogP contribution in [0.4, 0.5) is 0 Å². The molecule has 128 valence electrons. The van der Waals surface area contributed by atoms with Gasteiger partial charge in [-0.3, -0.25) is 0 Å². The Morgan fingerprint density at radius 3 is 2.48 bits per heavy atom. The highest BCUT2D eigenvalue weighted by molar-refractivity contribution is 7.80. The third-order valence-corrected chi connectivity index (χ3v) is 4.13. The van der Waals surface area contributed by atoms with Crippen molar-refractivity contribution in [2.75, 3.05) is 14.2 Å². The molecule has 0 aliphatic carbocycles. The fraction of sp³-hybridized carbons (Fsp3) is 0.158. The number of nitrogens with two attached hydrogens (primary N) is 1. The maximum Gasteiger partial charge on any atom is 0.140 e. The van der Waals surface area contributed by atoms with Gasteiger partial charge in [0.15, 0.2) is 0 Å². The van der Waals surface area contributed by atoms with Gasteiger partial charge in [0, 0.05) is 36.1 Å². The van der Waals surface area contributed by atoms with Crippen LogP contribution in [0.1, 0.15) is 11.1 Å². The first-order valence-electron chi connectivity index (χ1n) is 7.74. The second-order valence-electron chi connectivity index (χ2n) is 5.54. The molecule has 0 atom stereocenters. The Morgan fingerprint density at radius 2 is 1.84 bits per heavy atom. The van der Waals surface area contributed by atoms with E-state index in [1.165, 1.54) is 0 Å². The molecule has 3 rings (SSSR count). The molecule has 6 heteroatoms. The summed E-state index contributed by atoms with van der Waals surface area (Å²) in [5, 5.41) is 0. The molecule has 0 bridgehead atoms. The smallest absolute Gasteiger partial charge is 0.140 e. The number of thiocarbonyl (C=S) groups is 1. The minimum absolute atomic E-state index is 0.394. The Kier molecular flexibility index (Phi) is 5.00. The first kappa shape index (κ1) is 17.0. The predicted octanol–water partition coefficient (Wildman–Crippen LogP) is 3.25. The maximum atomic E-state index is 5.73. The molecule has 2 N–H and O–H groups in total. The van der Waals surface area contributed by atoms with Crippen LogP contribution in [0.2, 0.25) is 0 Å². The monoisotopic (exact) mass is 353 g/mol. The molecule has 0 unspecified atom stereocenters. The third-order valence-electron chi connectivity index (χ3n) is 3.89. The number of hydrogen-bond donors (Lipinski definition) is 1. The molecular weight excluding hydrogens is 334 g/mol. The van der Waals surface area contributed by atoms with Crippen molar-refractivity contribution in [1.29, 1.82) is 0 Å². The lowest BCUT2D eigenvalue weighted by Gasteiger charge is -2.11. The number of methoxy groups -OCH3 is 2. The Morgan fingerprint density at radius 1 is 1.12 bits per heavy atom. The van der Waals surface area contributed by atoms with Crippen molar-refractivity contribution >= 4 is 17.2 Å². The molecule has 0 saturated heterocycles. The van der Waals surface area contributed by atoms with Crippen LogP contribution in [0.15, 0.2) is 54.9 Å². The van der Waals surface area contributed by atoms with Crippen LogP contribution in [-0.2, 0) is 6.54 Å². The zero-order valence-corrected chi connectivity index (χ0v) is 14.9. The van der Waals surface area contributed by atoms with Gasteiger partial charge >= 0.3 is 0 Å². The van der Waals surface area contributed by atoms with Crippen molar-refractivity contribution in [2.45, 2.75) is 6.54 Å². The van der Waals surface area contributed by atoms with Crippen LogP contribution in [0.25, 0.3) is 11.4 Å². The zero-order valence-electron chi connectivity index (χ0n) is 14.1. The van der Waals surface area contributed by atoms with E-state index in [1.54, 1.807) is 20.4 Å². The van der Waals surface area contributed by atoms with Gasteiger partial charge in [-0.2, -0.15) is 0 Å². The summed E-state index contributed by atoms with van der Waals surface area (Å²) in [6.45, 7) is 0.658. The van der Waals surface area contributed by atoms with E-state index in [9.17, 15) is 0 Å². The maximum absolute atomic E-state index is 5.73. The van der Waals surface area contributed by atoms with E-state index >= 15 is 0 Å². The summed E-state index contributed by atoms with van der Waals surface area (Å²) in [5.41, 5.74) is 8.60. The molecule has 2 aromatic carbocycles. The summed E-state index contributed by atoms with van der Waals surface area (Å²) < 4.78 is 12.8. The zero-order chi connectivity index (χ0) is 17.8. The number of aromatic nitrogens is 2. The number of nitrogens with zero attached hydrogens (tertiary/aromatic N) is 2. The van der Waals surface area contributed by atoms with Gasteiger partial charge in [0.2, 0.25) is 0 Å². The van der Waals surface area contributed by atoms with Crippen LogP contribution in [0, 0.1) is 0 Å². The number of benzene rings is 2. The molecular formula is C19H19N3O2S. The van der Waals surface area contributed by atoms with Gasteiger partial charge in [-0.1, -0.05) is 30.4 Å². The molecule has 0 amide bonds. The molecule has 5 nitrogen and oxygen atoms in total. The van der Waals surface area contributed by atoms with Crippen molar-refractivity contribution < 1.29 is 9.47 Å². The van der Waals surface area contributed by atoms with E-state index in [0.717, 1.165) is 34.0 Å². The lowest BCUT2D eigenvalue weighted by Crippen LogP contribution is -2.10. The summed E-state index contributed by atoms with van der Waals surface area (Å²) in [7, 11) is 3.26. The van der Waals surface area contributed by atoms with Gasteiger partial charge in [-0.05, 0) is 23.8 Å². The molecule has 0 spiro atoms. The van der Waals surface area contributed by atoms with Gasteiger partial charge in [0.25, 0.3) is 0 Å². The Balaban J connectivity index is 1.96. The average Bonchev–Trinajstić information content (AvgIpc) is 3.09. The van der Waals surface area contributed by atoms with Gasteiger partial charge in [0.05, 0.1) is 14.2 Å². The van der Waals surface area contributed by atoms with Crippen LogP contribution < -0.4 is 15.2 Å². The number of hydrogen-bond acceptors (Lipinski definition) is 4. The molecule has 3 aromatic rings. The summed E-state index contributed by atoms with van der Waals surface area (Å²) in [6.07, 6.45) is 3.72. The molecule has 0 saturated carbocycles. The normalized spacial score (nSPS) is 10.5. The average molecular weight is 353 g/mol. The van der Waals surface area contributed by atoms with Crippen molar-refractivity contribution in [1.82, 2.24) is 9.55 Å². The largest absolute Gasteiger partial charge is 0.497 e. The Hall–Kier alpha value is -2.86. The first-order valence-corrected chi connectivity index (χ1v) is 8.15. The highest BCUT2D eigenvalue weighted by Crippen LogP contribution is 2.29. The van der Waals surface area contributed by atoms with Crippen LogP contribution >= 0.6 is 12.2 Å². The van der Waals surface area contributed by atoms with Crippen molar-refractivity contribution in [3.05, 3.63) is 66.0 Å². The van der Waals surface area contributed by atoms with Crippen LogP contribution in [0.3, 0.4) is 0 Å². The van der Waals surface area contributed by atoms with Gasteiger partial charge in [-0.15, -0.1) is 0 Å². The summed E-state index contributed by atoms with van der Waals surface area (Å²) in [5.74, 6) is 2.27. The lowest BCUT2D eigenvalue weighted by atomic mass is 10.1. The molecule has 0 aliphatic heterocycles. The topological polar surface area (TPSA) is 62.3 Å². The SMILES string of the molecule is COc1cc(OC)cc(-c2nccn2Cc2cccc(C(N)=S)c2)c1. The second kappa shape index (κ2) is 7.36. The van der Waals surface area contributed by atoms with Crippen molar-refractivity contribution in [3.8, 4) is 22.9 Å². The number of rotatable bonds is 6. The third kappa shape index (κ3) is 3.80. The van der Waals surface area contributed by atoms with Gasteiger partial charge in [-0.25, -0.2) is 4.98 Å².